The number of aromatic carboxylic acids is 1. The van der Waals surface area contributed by atoms with Gasteiger partial charge < -0.3 is 19.9 Å². The van der Waals surface area contributed by atoms with Crippen molar-refractivity contribution in [2.45, 2.75) is 20.3 Å². The number of hydrogen-bond donors (Lipinski definition) is 4. The Morgan fingerprint density at radius 3 is 2.59 bits per heavy atom. The number of benzene rings is 3. The number of hydrazone groups is 1. The number of phenols is 1. The van der Waals surface area contributed by atoms with Gasteiger partial charge in [0.2, 0.25) is 0 Å². The summed E-state index contributed by atoms with van der Waals surface area (Å²) in [5.74, 6) is -0.868. The highest BCUT2D eigenvalue weighted by Gasteiger charge is 2.22. The molecule has 2 aliphatic rings. The van der Waals surface area contributed by atoms with Crippen LogP contribution >= 0.6 is 12.2 Å². The highest BCUT2D eigenvalue weighted by atomic mass is 32.1. The molecule has 0 amide bonds. The van der Waals surface area contributed by atoms with Gasteiger partial charge in [-0.2, -0.15) is 5.10 Å². The number of fused-ring (bicyclic) bond motifs is 2. The molecule has 0 fully saturated rings. The van der Waals surface area contributed by atoms with Gasteiger partial charge in [0.05, 0.1) is 5.56 Å². The molecule has 4 N–H and O–H groups in total. The van der Waals surface area contributed by atoms with Crippen molar-refractivity contribution in [2.24, 2.45) is 5.10 Å². The lowest BCUT2D eigenvalue weighted by Crippen LogP contribution is -2.24. The van der Waals surface area contributed by atoms with Crippen molar-refractivity contribution < 1.29 is 19.4 Å². The maximum absolute atomic E-state index is 12.3. The zero-order chi connectivity index (χ0) is 24.4. The van der Waals surface area contributed by atoms with E-state index in [1.165, 1.54) is 30.3 Å². The van der Waals surface area contributed by atoms with Crippen molar-refractivity contribution in [1.82, 2.24) is 5.43 Å². The Kier molecular flexibility index (Phi) is 6.29. The van der Waals surface area contributed by atoms with Crippen LogP contribution in [0.3, 0.4) is 0 Å². The van der Waals surface area contributed by atoms with Gasteiger partial charge in [-0.15, -0.1) is 0 Å². The molecule has 0 bridgehead atoms. The summed E-state index contributed by atoms with van der Waals surface area (Å²) in [7, 11) is 0. The third-order valence-corrected chi connectivity index (χ3v) is 5.51. The number of nitrogens with zero attached hydrogens (tertiary/aromatic N) is 1. The highest BCUT2D eigenvalue weighted by molar-refractivity contribution is 7.80. The monoisotopic (exact) mass is 475 g/mol. The third-order valence-electron chi connectivity index (χ3n) is 5.31. The zero-order valence-electron chi connectivity index (χ0n) is 18.4. The molecule has 0 saturated carbocycles. The molecule has 1 aliphatic carbocycles. The van der Waals surface area contributed by atoms with Crippen LogP contribution in [-0.2, 0) is 0 Å². The molecule has 172 valence electrons. The Morgan fingerprint density at radius 1 is 1.09 bits per heavy atom. The Morgan fingerprint density at radius 2 is 1.85 bits per heavy atom. The van der Waals surface area contributed by atoms with Gasteiger partial charge in [-0.05, 0) is 67.5 Å². The Hall–Kier alpha value is -4.24. The first-order chi connectivity index (χ1) is 16.3. The van der Waals surface area contributed by atoms with E-state index in [9.17, 15) is 19.8 Å². The predicted molar refractivity (Wildman–Crippen MR) is 136 cm³/mol. The molecule has 0 saturated heterocycles. The molecule has 0 aromatic heterocycles. The van der Waals surface area contributed by atoms with E-state index in [0.717, 1.165) is 12.1 Å². The van der Waals surface area contributed by atoms with Gasteiger partial charge in [-0.1, -0.05) is 13.0 Å². The quantitative estimate of drug-likeness (QED) is 0.137. The fraction of sp³-hybridized carbons (Fsp3) is 0.120. The normalized spacial score (nSPS) is 11.5. The summed E-state index contributed by atoms with van der Waals surface area (Å²) >= 11 is 5.25. The molecule has 0 spiro atoms. The summed E-state index contributed by atoms with van der Waals surface area (Å²) in [6, 6.07) is 13.8. The highest BCUT2D eigenvalue weighted by Crippen LogP contribution is 2.42. The van der Waals surface area contributed by atoms with E-state index < -0.39 is 5.97 Å². The van der Waals surface area contributed by atoms with Gasteiger partial charge in [0.15, 0.2) is 10.5 Å². The number of carboxylic acid groups (broad SMARTS) is 1. The lowest BCUT2D eigenvalue weighted by Gasteiger charge is -2.17. The van der Waals surface area contributed by atoms with Crippen LogP contribution in [0.4, 0.5) is 5.69 Å². The average molecular weight is 476 g/mol. The molecular formula is C25H21N3O5S. The minimum absolute atomic E-state index is 0.0141. The first kappa shape index (κ1) is 22.9. The molecular weight excluding hydrogens is 454 g/mol. The summed E-state index contributed by atoms with van der Waals surface area (Å²) in [4.78, 5) is 24.2. The van der Waals surface area contributed by atoms with Crippen molar-refractivity contribution in [3.05, 3.63) is 70.4 Å². The van der Waals surface area contributed by atoms with Gasteiger partial charge >= 0.3 is 5.97 Å². The van der Waals surface area contributed by atoms with Crippen LogP contribution in [0.25, 0.3) is 33.4 Å². The zero-order valence-corrected chi connectivity index (χ0v) is 19.2. The fourth-order valence-electron chi connectivity index (χ4n) is 3.55. The molecule has 2 aromatic carbocycles. The number of nitrogens with one attached hydrogen (secondary N) is 2. The molecule has 0 radical (unpaired) electrons. The van der Waals surface area contributed by atoms with Crippen molar-refractivity contribution in [3.8, 4) is 28.2 Å². The van der Waals surface area contributed by atoms with Crippen molar-refractivity contribution in [1.29, 1.82) is 0 Å². The molecule has 1 heterocycles. The van der Waals surface area contributed by atoms with Crippen LogP contribution in [-0.4, -0.2) is 27.0 Å². The molecule has 0 unspecified atom stereocenters. The molecule has 8 nitrogen and oxygen atoms in total. The Bertz CT molecular complexity index is 1490. The van der Waals surface area contributed by atoms with Crippen molar-refractivity contribution >= 4 is 45.7 Å². The van der Waals surface area contributed by atoms with Gasteiger partial charge in [-0.25, -0.2) is 4.79 Å². The fourth-order valence-corrected chi connectivity index (χ4v) is 3.71. The van der Waals surface area contributed by atoms with Crippen molar-refractivity contribution in [2.75, 3.05) is 5.32 Å². The number of hydrogen-bond acceptors (Lipinski definition) is 6. The minimum Gasteiger partial charge on any atom is -0.508 e. The third kappa shape index (κ3) is 4.60. The SMILES string of the molecule is CCC(C)=NNC(=S)Nc1ccc(-c2c3ccc(=O)cc-3oc3cc(O)ccc23)c(C(=O)O)c1. The number of aromatic hydroxyl groups is 1. The number of carboxylic acids is 1. The van der Waals surface area contributed by atoms with Gasteiger partial charge in [-0.3, -0.25) is 10.2 Å². The van der Waals surface area contributed by atoms with E-state index in [0.29, 0.717) is 33.3 Å². The second-order valence-electron chi connectivity index (χ2n) is 7.65. The molecule has 1 aliphatic heterocycles. The first-order valence-corrected chi connectivity index (χ1v) is 10.8. The standard InChI is InChI=1S/C25H21N3O5S/c1-3-13(2)27-28-25(34)26-14-4-7-17(20(10-14)24(31)32)23-18-8-5-15(29)11-21(18)33-22-12-16(30)6-9-19(22)23/h4-12,29H,3H2,1-2H3,(H,31,32)(H2,26,28,34). The largest absolute Gasteiger partial charge is 0.508 e. The van der Waals surface area contributed by atoms with Gasteiger partial charge in [0, 0.05) is 40.0 Å². The maximum atomic E-state index is 12.3. The summed E-state index contributed by atoms with van der Waals surface area (Å²) in [5.41, 5.74) is 5.73. The second-order valence-corrected chi connectivity index (χ2v) is 8.06. The van der Waals surface area contributed by atoms with Crippen LogP contribution in [0.1, 0.15) is 30.6 Å². The summed E-state index contributed by atoms with van der Waals surface area (Å²) in [5, 5.41) is 27.8. The number of anilines is 1. The van der Waals surface area contributed by atoms with Gasteiger partial charge in [0.1, 0.15) is 17.1 Å². The van der Waals surface area contributed by atoms with Crippen LogP contribution in [0.5, 0.6) is 5.75 Å². The Balaban J connectivity index is 1.87. The second kappa shape index (κ2) is 9.32. The number of rotatable bonds is 5. The average Bonchev–Trinajstić information content (AvgIpc) is 2.80. The van der Waals surface area contributed by atoms with E-state index in [4.69, 9.17) is 16.6 Å². The molecule has 4 rings (SSSR count). The number of carbonyl (C=O) groups is 1. The van der Waals surface area contributed by atoms with Crippen LogP contribution in [0, 0.1) is 0 Å². The lowest BCUT2D eigenvalue weighted by atomic mass is 9.90. The van der Waals surface area contributed by atoms with Crippen LogP contribution in [0.15, 0.2) is 68.9 Å². The Labute approximate surface area is 199 Å². The van der Waals surface area contributed by atoms with Gasteiger partial charge in [0.25, 0.3) is 0 Å². The maximum Gasteiger partial charge on any atom is 0.336 e. The number of thiocarbonyl (C=S) groups is 1. The first-order valence-electron chi connectivity index (χ1n) is 10.4. The smallest absolute Gasteiger partial charge is 0.336 e. The molecule has 34 heavy (non-hydrogen) atoms. The molecule has 2 aromatic rings. The van der Waals surface area contributed by atoms with E-state index in [1.807, 2.05) is 13.8 Å². The minimum atomic E-state index is -1.14. The summed E-state index contributed by atoms with van der Waals surface area (Å²) < 4.78 is 5.84. The van der Waals surface area contributed by atoms with Crippen molar-refractivity contribution in [3.63, 3.8) is 0 Å². The summed E-state index contributed by atoms with van der Waals surface area (Å²) in [6.07, 6.45) is 0.768. The number of phenolic OH excluding ortho intramolecular Hbond substituents is 1. The lowest BCUT2D eigenvalue weighted by molar-refractivity contribution is 0.0697. The van der Waals surface area contributed by atoms with E-state index in [2.05, 4.69) is 15.8 Å². The van der Waals surface area contributed by atoms with E-state index in [-0.39, 0.29) is 27.6 Å². The predicted octanol–water partition coefficient (Wildman–Crippen LogP) is 5.04. The summed E-state index contributed by atoms with van der Waals surface area (Å²) in [6.45, 7) is 3.83. The van der Waals surface area contributed by atoms with Crippen LogP contribution < -0.4 is 16.2 Å². The topological polar surface area (TPSA) is 124 Å². The van der Waals surface area contributed by atoms with E-state index >= 15 is 0 Å². The molecule has 9 heteroatoms. The van der Waals surface area contributed by atoms with E-state index in [1.54, 1.807) is 24.3 Å². The molecule has 0 atom stereocenters. The van der Waals surface area contributed by atoms with Crippen LogP contribution in [0.2, 0.25) is 0 Å².